The zero-order valence-electron chi connectivity index (χ0n) is 15.7. The van der Waals surface area contributed by atoms with Gasteiger partial charge in [-0.05, 0) is 60.6 Å². The summed E-state index contributed by atoms with van der Waals surface area (Å²) in [4.78, 5) is 14.6. The average Bonchev–Trinajstić information content (AvgIpc) is 2.68. The van der Waals surface area contributed by atoms with Gasteiger partial charge in [-0.1, -0.05) is 41.9 Å². The van der Waals surface area contributed by atoms with Gasteiger partial charge >= 0.3 is 0 Å². The Hall–Kier alpha value is -2.56. The van der Waals surface area contributed by atoms with E-state index in [1.165, 1.54) is 0 Å². The predicted octanol–water partition coefficient (Wildman–Crippen LogP) is 4.96. The average molecular weight is 383 g/mol. The van der Waals surface area contributed by atoms with Crippen molar-refractivity contribution < 1.29 is 9.53 Å². The number of nitrogens with one attached hydrogen (secondary N) is 1. The quantitative estimate of drug-likeness (QED) is 0.655. The fourth-order valence-electron chi connectivity index (χ4n) is 2.92. The highest BCUT2D eigenvalue weighted by atomic mass is 35.5. The van der Waals surface area contributed by atoms with Crippen LogP contribution < -0.4 is 10.1 Å². The molecule has 0 radical (unpaired) electrons. The van der Waals surface area contributed by atoms with Crippen molar-refractivity contribution in [3.05, 3.63) is 71.2 Å². The van der Waals surface area contributed by atoms with Crippen molar-refractivity contribution in [2.24, 2.45) is 0 Å². The highest BCUT2D eigenvalue weighted by Crippen LogP contribution is 2.23. The first-order valence-electron chi connectivity index (χ1n) is 8.80. The minimum Gasteiger partial charge on any atom is -0.497 e. The number of para-hydroxylation sites is 1. The second kappa shape index (κ2) is 8.42. The summed E-state index contributed by atoms with van der Waals surface area (Å²) in [5.41, 5.74) is 1.77. The number of fused-ring (bicyclic) bond motifs is 1. The lowest BCUT2D eigenvalue weighted by molar-refractivity contribution is -0.120. The van der Waals surface area contributed by atoms with Gasteiger partial charge < -0.3 is 10.1 Å². The Labute approximate surface area is 164 Å². The maximum atomic E-state index is 12.6. The van der Waals surface area contributed by atoms with Gasteiger partial charge in [0, 0.05) is 6.54 Å². The number of hydrogen-bond acceptors (Lipinski definition) is 3. The minimum atomic E-state index is -0.298. The number of anilines is 1. The normalized spacial score (nSPS) is 12.2. The SMILES string of the molecule is COc1ccc2cc(CN(C)C(C)C(=O)Nc3ccccc3Cl)ccc2c1. The Morgan fingerprint density at radius 3 is 2.56 bits per heavy atom. The van der Waals surface area contributed by atoms with E-state index in [0.717, 1.165) is 22.1 Å². The second-order valence-corrected chi connectivity index (χ2v) is 7.01. The van der Waals surface area contributed by atoms with E-state index in [4.69, 9.17) is 16.3 Å². The Morgan fingerprint density at radius 1 is 1.11 bits per heavy atom. The number of carbonyl (C=O) groups is 1. The molecule has 0 bridgehead atoms. The Morgan fingerprint density at radius 2 is 1.81 bits per heavy atom. The van der Waals surface area contributed by atoms with E-state index in [1.807, 2.05) is 49.2 Å². The molecule has 0 saturated heterocycles. The molecule has 27 heavy (non-hydrogen) atoms. The lowest BCUT2D eigenvalue weighted by atomic mass is 10.1. The molecule has 0 aliphatic heterocycles. The summed E-state index contributed by atoms with van der Waals surface area (Å²) in [6.45, 7) is 2.55. The van der Waals surface area contributed by atoms with Gasteiger partial charge in [-0.25, -0.2) is 0 Å². The number of ether oxygens (including phenoxy) is 1. The van der Waals surface area contributed by atoms with Crippen LogP contribution in [0.15, 0.2) is 60.7 Å². The summed E-state index contributed by atoms with van der Waals surface area (Å²) < 4.78 is 5.27. The highest BCUT2D eigenvalue weighted by molar-refractivity contribution is 6.33. The molecule has 1 unspecified atom stereocenters. The number of likely N-dealkylation sites (N-methyl/N-ethyl adjacent to an activating group) is 1. The standard InChI is InChI=1S/C22H23ClN2O2/c1-15(22(26)24-21-7-5-4-6-20(21)23)25(2)14-16-8-9-18-13-19(27-3)11-10-17(18)12-16/h4-13,15H,14H2,1-3H3,(H,24,26). The minimum absolute atomic E-state index is 0.0869. The fourth-order valence-corrected chi connectivity index (χ4v) is 3.11. The summed E-state index contributed by atoms with van der Waals surface area (Å²) >= 11 is 6.12. The molecule has 1 amide bonds. The van der Waals surface area contributed by atoms with Crippen LogP contribution in [-0.4, -0.2) is 31.0 Å². The fraction of sp³-hybridized carbons (Fsp3) is 0.227. The van der Waals surface area contributed by atoms with Crippen molar-refractivity contribution >= 4 is 34.0 Å². The van der Waals surface area contributed by atoms with E-state index in [-0.39, 0.29) is 11.9 Å². The molecule has 0 spiro atoms. The molecule has 0 heterocycles. The first-order chi connectivity index (χ1) is 13.0. The molecule has 140 valence electrons. The van der Waals surface area contributed by atoms with E-state index in [1.54, 1.807) is 19.2 Å². The molecule has 0 aromatic heterocycles. The third-order valence-corrected chi connectivity index (χ3v) is 5.05. The molecule has 3 aromatic rings. The van der Waals surface area contributed by atoms with Gasteiger partial charge in [0.2, 0.25) is 5.91 Å². The largest absolute Gasteiger partial charge is 0.497 e. The summed E-state index contributed by atoms with van der Waals surface area (Å²) in [5.74, 6) is 0.758. The van der Waals surface area contributed by atoms with Crippen molar-refractivity contribution in [2.75, 3.05) is 19.5 Å². The smallest absolute Gasteiger partial charge is 0.241 e. The van der Waals surface area contributed by atoms with Crippen LogP contribution in [0.5, 0.6) is 5.75 Å². The molecule has 0 aliphatic carbocycles. The molecular weight excluding hydrogens is 360 g/mol. The Bertz CT molecular complexity index is 958. The van der Waals surface area contributed by atoms with Crippen molar-refractivity contribution in [3.63, 3.8) is 0 Å². The van der Waals surface area contributed by atoms with Crippen LogP contribution in [0.1, 0.15) is 12.5 Å². The summed E-state index contributed by atoms with van der Waals surface area (Å²) in [6.07, 6.45) is 0. The van der Waals surface area contributed by atoms with Gasteiger partial charge in [-0.15, -0.1) is 0 Å². The molecule has 4 nitrogen and oxygen atoms in total. The lowest BCUT2D eigenvalue weighted by Crippen LogP contribution is -2.39. The van der Waals surface area contributed by atoms with Gasteiger partial charge in [-0.2, -0.15) is 0 Å². The summed E-state index contributed by atoms with van der Waals surface area (Å²) in [5, 5.41) is 5.70. The molecule has 3 aromatic carbocycles. The first-order valence-corrected chi connectivity index (χ1v) is 9.18. The van der Waals surface area contributed by atoms with Crippen molar-refractivity contribution in [1.29, 1.82) is 0 Å². The maximum Gasteiger partial charge on any atom is 0.241 e. The van der Waals surface area contributed by atoms with Gasteiger partial charge in [0.1, 0.15) is 5.75 Å². The van der Waals surface area contributed by atoms with Crippen LogP contribution in [0.4, 0.5) is 5.69 Å². The van der Waals surface area contributed by atoms with Crippen LogP contribution in [0, 0.1) is 0 Å². The van der Waals surface area contributed by atoms with E-state index < -0.39 is 0 Å². The van der Waals surface area contributed by atoms with Crippen molar-refractivity contribution in [1.82, 2.24) is 4.90 Å². The Kier molecular flexibility index (Phi) is 5.99. The molecule has 5 heteroatoms. The number of nitrogens with zero attached hydrogens (tertiary/aromatic N) is 1. The Balaban J connectivity index is 1.68. The van der Waals surface area contributed by atoms with Gasteiger partial charge in [0.15, 0.2) is 0 Å². The van der Waals surface area contributed by atoms with E-state index >= 15 is 0 Å². The lowest BCUT2D eigenvalue weighted by Gasteiger charge is -2.24. The number of benzene rings is 3. The topological polar surface area (TPSA) is 41.6 Å². The van der Waals surface area contributed by atoms with E-state index in [9.17, 15) is 4.79 Å². The number of hydrogen-bond donors (Lipinski definition) is 1. The van der Waals surface area contributed by atoms with Crippen LogP contribution in [-0.2, 0) is 11.3 Å². The van der Waals surface area contributed by atoms with E-state index in [2.05, 4.69) is 23.5 Å². The van der Waals surface area contributed by atoms with Crippen LogP contribution in [0.3, 0.4) is 0 Å². The number of halogens is 1. The number of rotatable bonds is 6. The first kappa shape index (κ1) is 19.2. The van der Waals surface area contributed by atoms with Crippen molar-refractivity contribution in [3.8, 4) is 5.75 Å². The van der Waals surface area contributed by atoms with Gasteiger partial charge in [0.05, 0.1) is 23.9 Å². The highest BCUT2D eigenvalue weighted by Gasteiger charge is 2.19. The molecular formula is C22H23ClN2O2. The van der Waals surface area contributed by atoms with Gasteiger partial charge in [-0.3, -0.25) is 9.69 Å². The zero-order chi connectivity index (χ0) is 19.4. The summed E-state index contributed by atoms with van der Waals surface area (Å²) in [7, 11) is 3.61. The van der Waals surface area contributed by atoms with Crippen molar-refractivity contribution in [2.45, 2.75) is 19.5 Å². The monoisotopic (exact) mass is 382 g/mol. The molecule has 1 atom stereocenters. The molecule has 1 N–H and O–H groups in total. The van der Waals surface area contributed by atoms with Crippen LogP contribution >= 0.6 is 11.6 Å². The molecule has 0 fully saturated rings. The summed E-state index contributed by atoms with van der Waals surface area (Å²) in [6, 6.07) is 19.3. The van der Waals surface area contributed by atoms with Crippen LogP contribution in [0.2, 0.25) is 5.02 Å². The number of carbonyl (C=O) groups excluding carboxylic acids is 1. The predicted molar refractivity (Wildman–Crippen MR) is 112 cm³/mol. The molecule has 3 rings (SSSR count). The zero-order valence-corrected chi connectivity index (χ0v) is 16.5. The molecule has 0 aliphatic rings. The van der Waals surface area contributed by atoms with Gasteiger partial charge in [0.25, 0.3) is 0 Å². The number of methoxy groups -OCH3 is 1. The second-order valence-electron chi connectivity index (χ2n) is 6.61. The van der Waals surface area contributed by atoms with Crippen LogP contribution in [0.25, 0.3) is 10.8 Å². The third-order valence-electron chi connectivity index (χ3n) is 4.72. The maximum absolute atomic E-state index is 12.6. The molecule has 0 saturated carbocycles. The van der Waals surface area contributed by atoms with E-state index in [0.29, 0.717) is 17.3 Å². The number of amides is 1. The third kappa shape index (κ3) is 4.59.